The van der Waals surface area contributed by atoms with Crippen LogP contribution in [0.3, 0.4) is 0 Å². The average Bonchev–Trinajstić information content (AvgIpc) is 3.27. The smallest absolute Gasteiger partial charge is 0.293 e. The van der Waals surface area contributed by atoms with Gasteiger partial charge in [0, 0.05) is 31.8 Å². The van der Waals surface area contributed by atoms with Crippen molar-refractivity contribution in [2.45, 2.75) is 18.4 Å². The zero-order valence-electron chi connectivity index (χ0n) is 11.7. The Morgan fingerprint density at radius 3 is 2.67 bits per heavy atom. The molecule has 2 N–H and O–H groups in total. The van der Waals surface area contributed by atoms with E-state index in [0.717, 1.165) is 12.8 Å². The summed E-state index contributed by atoms with van der Waals surface area (Å²) in [4.78, 5) is 24.1. The van der Waals surface area contributed by atoms with Crippen LogP contribution in [0.5, 0.6) is 0 Å². The quantitative estimate of drug-likeness (QED) is 0.635. The van der Waals surface area contributed by atoms with Crippen LogP contribution >= 0.6 is 0 Å². The predicted molar refractivity (Wildman–Crippen MR) is 76.4 cm³/mol. The van der Waals surface area contributed by atoms with Gasteiger partial charge in [0.25, 0.3) is 11.6 Å². The lowest BCUT2D eigenvalue weighted by atomic mass is 9.88. The number of hydrogen-bond acceptors (Lipinski definition) is 5. The monoisotopic (exact) mass is 291 g/mol. The van der Waals surface area contributed by atoms with Crippen molar-refractivity contribution in [2.75, 3.05) is 25.0 Å². The van der Waals surface area contributed by atoms with Crippen molar-refractivity contribution in [1.29, 1.82) is 0 Å². The maximum absolute atomic E-state index is 11.6. The summed E-state index contributed by atoms with van der Waals surface area (Å²) in [6.45, 7) is 0.829. The van der Waals surface area contributed by atoms with Gasteiger partial charge in [-0.25, -0.2) is 0 Å². The minimum atomic E-state index is -0.701. The van der Waals surface area contributed by atoms with E-state index in [9.17, 15) is 20.0 Å². The zero-order valence-corrected chi connectivity index (χ0v) is 11.7. The van der Waals surface area contributed by atoms with Crippen LogP contribution in [0, 0.1) is 16.0 Å². The molecule has 2 fully saturated rings. The highest BCUT2D eigenvalue weighted by Crippen LogP contribution is 2.47. The van der Waals surface area contributed by atoms with Crippen LogP contribution in [-0.2, 0) is 0 Å². The molecule has 3 rings (SSSR count). The van der Waals surface area contributed by atoms with Gasteiger partial charge in [0.1, 0.15) is 11.3 Å². The number of β-amino-alcohol motifs (C(OH)–C–C–N with tert-alkyl or cyclic N) is 1. The number of nitro groups is 1. The van der Waals surface area contributed by atoms with E-state index in [0.29, 0.717) is 24.7 Å². The first kappa shape index (κ1) is 13.8. The summed E-state index contributed by atoms with van der Waals surface area (Å²) in [6, 6.07) is 4.42. The van der Waals surface area contributed by atoms with E-state index in [1.54, 1.807) is 17.0 Å². The fraction of sp³-hybridized carbons (Fsp3) is 0.500. The Bertz CT molecular complexity index is 606. The maximum atomic E-state index is 11.6. The topological polar surface area (TPSA) is 95.7 Å². The summed E-state index contributed by atoms with van der Waals surface area (Å²) in [7, 11) is 1.48. The number of anilines is 1. The molecule has 0 bridgehead atoms. The molecule has 0 aromatic heterocycles. The van der Waals surface area contributed by atoms with Crippen LogP contribution in [0.4, 0.5) is 11.4 Å². The summed E-state index contributed by atoms with van der Waals surface area (Å²) < 4.78 is 0. The van der Waals surface area contributed by atoms with Crippen molar-refractivity contribution in [3.8, 4) is 0 Å². The summed E-state index contributed by atoms with van der Waals surface area (Å²) >= 11 is 0. The third kappa shape index (κ3) is 2.33. The SMILES string of the molecule is CNC(=O)c1ccc(N2CC(O)(C3CC3)C2)c([N+](=O)[O-])c1. The zero-order chi connectivity index (χ0) is 15.2. The number of nitrogens with zero attached hydrogens (tertiary/aromatic N) is 2. The molecule has 21 heavy (non-hydrogen) atoms. The highest BCUT2D eigenvalue weighted by molar-refractivity contribution is 5.95. The Morgan fingerprint density at radius 2 is 2.14 bits per heavy atom. The second-order valence-electron chi connectivity index (χ2n) is 5.77. The van der Waals surface area contributed by atoms with Crippen LogP contribution in [0.2, 0.25) is 0 Å². The van der Waals surface area contributed by atoms with Crippen LogP contribution in [0.1, 0.15) is 23.2 Å². The number of hydrogen-bond donors (Lipinski definition) is 2. The Balaban J connectivity index is 1.85. The lowest BCUT2D eigenvalue weighted by Gasteiger charge is -2.48. The fourth-order valence-corrected chi connectivity index (χ4v) is 2.89. The summed E-state index contributed by atoms with van der Waals surface area (Å²) in [5, 5.41) is 24.0. The van der Waals surface area contributed by atoms with Gasteiger partial charge < -0.3 is 15.3 Å². The minimum Gasteiger partial charge on any atom is -0.386 e. The van der Waals surface area contributed by atoms with Crippen molar-refractivity contribution in [1.82, 2.24) is 5.32 Å². The van der Waals surface area contributed by atoms with Crippen molar-refractivity contribution in [3.05, 3.63) is 33.9 Å². The fourth-order valence-electron chi connectivity index (χ4n) is 2.89. The second kappa shape index (κ2) is 4.70. The number of carbonyl (C=O) groups excluding carboxylic acids is 1. The third-order valence-electron chi connectivity index (χ3n) is 4.27. The molecule has 0 unspecified atom stereocenters. The van der Waals surface area contributed by atoms with Gasteiger partial charge in [0.05, 0.1) is 4.92 Å². The van der Waals surface area contributed by atoms with Gasteiger partial charge in [-0.3, -0.25) is 14.9 Å². The van der Waals surface area contributed by atoms with Crippen molar-refractivity contribution < 1.29 is 14.8 Å². The van der Waals surface area contributed by atoms with E-state index in [2.05, 4.69) is 5.32 Å². The standard InChI is InChI=1S/C14H17N3O4/c1-15-13(18)9-2-5-11(12(6-9)17(20)21)16-7-14(19,8-16)10-3-4-10/h2,5-6,10,19H,3-4,7-8H2,1H3,(H,15,18). The molecule has 0 atom stereocenters. The Kier molecular flexibility index (Phi) is 3.09. The molecule has 1 aromatic carbocycles. The molecule has 1 aliphatic carbocycles. The molecule has 1 aliphatic heterocycles. The number of nitro benzene ring substituents is 1. The van der Waals surface area contributed by atoms with Gasteiger partial charge in [0.2, 0.25) is 0 Å². The molecule has 1 saturated carbocycles. The molecular weight excluding hydrogens is 274 g/mol. The van der Waals surface area contributed by atoms with Crippen LogP contribution < -0.4 is 10.2 Å². The van der Waals surface area contributed by atoms with Gasteiger partial charge in [-0.2, -0.15) is 0 Å². The summed E-state index contributed by atoms with van der Waals surface area (Å²) in [6.07, 6.45) is 2.06. The Morgan fingerprint density at radius 1 is 1.48 bits per heavy atom. The van der Waals surface area contributed by atoms with Crippen LogP contribution in [0.25, 0.3) is 0 Å². The number of benzene rings is 1. The lowest BCUT2D eigenvalue weighted by Crippen LogP contribution is -2.63. The van der Waals surface area contributed by atoms with Crippen molar-refractivity contribution in [3.63, 3.8) is 0 Å². The first-order chi connectivity index (χ1) is 9.94. The molecule has 7 nitrogen and oxygen atoms in total. The molecule has 2 aliphatic rings. The highest BCUT2D eigenvalue weighted by Gasteiger charge is 2.52. The normalized spacial score (nSPS) is 19.8. The second-order valence-corrected chi connectivity index (χ2v) is 5.77. The largest absolute Gasteiger partial charge is 0.386 e. The lowest BCUT2D eigenvalue weighted by molar-refractivity contribution is -0.384. The van der Waals surface area contributed by atoms with E-state index in [-0.39, 0.29) is 17.2 Å². The van der Waals surface area contributed by atoms with Gasteiger partial charge in [-0.15, -0.1) is 0 Å². The van der Waals surface area contributed by atoms with Gasteiger partial charge in [0.15, 0.2) is 0 Å². The van der Waals surface area contributed by atoms with Gasteiger partial charge >= 0.3 is 0 Å². The number of nitrogens with one attached hydrogen (secondary N) is 1. The highest BCUT2D eigenvalue weighted by atomic mass is 16.6. The first-order valence-corrected chi connectivity index (χ1v) is 6.92. The van der Waals surface area contributed by atoms with Crippen molar-refractivity contribution >= 4 is 17.3 Å². The van der Waals surface area contributed by atoms with Gasteiger partial charge in [-0.1, -0.05) is 0 Å². The van der Waals surface area contributed by atoms with E-state index >= 15 is 0 Å². The molecule has 0 spiro atoms. The molecule has 7 heteroatoms. The molecule has 1 saturated heterocycles. The molecule has 1 heterocycles. The minimum absolute atomic E-state index is 0.103. The van der Waals surface area contributed by atoms with Crippen molar-refractivity contribution in [2.24, 2.45) is 5.92 Å². The van der Waals surface area contributed by atoms with Crippen LogP contribution in [-0.4, -0.2) is 41.7 Å². The van der Waals surface area contributed by atoms with E-state index in [1.807, 2.05) is 0 Å². The van der Waals surface area contributed by atoms with E-state index < -0.39 is 10.5 Å². The summed E-state index contributed by atoms with van der Waals surface area (Å²) in [5.41, 5.74) is -0.0919. The number of carbonyl (C=O) groups is 1. The van der Waals surface area contributed by atoms with E-state index in [4.69, 9.17) is 0 Å². The first-order valence-electron chi connectivity index (χ1n) is 6.92. The van der Waals surface area contributed by atoms with Crippen LogP contribution in [0.15, 0.2) is 18.2 Å². The third-order valence-corrected chi connectivity index (χ3v) is 4.27. The summed E-state index contributed by atoms with van der Waals surface area (Å²) in [5.74, 6) is -0.0271. The molecular formula is C14H17N3O4. The molecule has 0 radical (unpaired) electrons. The molecule has 1 aromatic rings. The maximum Gasteiger partial charge on any atom is 0.293 e. The number of aliphatic hydroxyl groups is 1. The Labute approximate surface area is 121 Å². The molecule has 1 amide bonds. The predicted octanol–water partition coefficient (Wildman–Crippen LogP) is 0.915. The number of amides is 1. The average molecular weight is 291 g/mol. The Hall–Kier alpha value is -2.15. The van der Waals surface area contributed by atoms with Gasteiger partial charge in [-0.05, 0) is 30.9 Å². The molecule has 112 valence electrons. The van der Waals surface area contributed by atoms with E-state index in [1.165, 1.54) is 13.1 Å². The number of rotatable bonds is 4.